The maximum atomic E-state index is 13.9. The van der Waals surface area contributed by atoms with Gasteiger partial charge in [0.1, 0.15) is 17.5 Å². The molecule has 3 aromatic carbocycles. The molecule has 6 rings (SSSR count). The summed E-state index contributed by atoms with van der Waals surface area (Å²) < 4.78 is 40.5. The molecule has 3 heterocycles. The fraction of sp³-hybridized carbons (Fsp3) is 0.172. The van der Waals surface area contributed by atoms with Crippen molar-refractivity contribution >= 4 is 57.9 Å². The van der Waals surface area contributed by atoms with E-state index in [-0.39, 0.29) is 33.4 Å². The van der Waals surface area contributed by atoms with Gasteiger partial charge in [-0.2, -0.15) is 13.2 Å². The molecule has 1 aromatic heterocycles. The number of nitro groups is 1. The minimum absolute atomic E-state index is 0.0999. The largest absolute Gasteiger partial charge is 0.508 e. The average molecular weight is 657 g/mol. The lowest BCUT2D eigenvalue weighted by Gasteiger charge is -2.31. The third-order valence-corrected chi connectivity index (χ3v) is 10.0. The first-order valence-corrected chi connectivity index (χ1v) is 14.8. The summed E-state index contributed by atoms with van der Waals surface area (Å²) in [5.74, 6) is -4.35. The van der Waals surface area contributed by atoms with Crippen LogP contribution in [0.4, 0.5) is 30.2 Å². The second-order valence-corrected chi connectivity index (χ2v) is 12.3. The molecule has 4 aromatic rings. The second kappa shape index (κ2) is 11.2. The third kappa shape index (κ3) is 5.35. The molecule has 11 nitrogen and oxygen atoms in total. The minimum atomic E-state index is -4.64. The first-order valence-electron chi connectivity index (χ1n) is 13.1. The monoisotopic (exact) mass is 656 g/mol. The van der Waals surface area contributed by atoms with Crippen molar-refractivity contribution in [2.75, 3.05) is 10.2 Å². The third-order valence-electron chi connectivity index (χ3n) is 7.42. The number of thiazole rings is 1. The highest BCUT2D eigenvalue weighted by Gasteiger charge is 2.57. The number of thioether (sulfide) groups is 1. The molecule has 3 atom stereocenters. The number of rotatable bonds is 6. The van der Waals surface area contributed by atoms with Gasteiger partial charge in [-0.3, -0.25) is 33.9 Å². The number of hydrogen-bond acceptors (Lipinski definition) is 9. The number of fused-ring (bicyclic) bond motifs is 2. The van der Waals surface area contributed by atoms with Gasteiger partial charge in [0.2, 0.25) is 17.7 Å². The predicted molar refractivity (Wildman–Crippen MR) is 157 cm³/mol. The van der Waals surface area contributed by atoms with E-state index in [2.05, 4.69) is 5.32 Å². The van der Waals surface area contributed by atoms with Gasteiger partial charge in [0, 0.05) is 34.2 Å². The number of nitrogens with one attached hydrogen (secondary N) is 1. The summed E-state index contributed by atoms with van der Waals surface area (Å²) in [6, 6.07) is 15.0. The Morgan fingerprint density at radius 2 is 1.71 bits per heavy atom. The topological polar surface area (TPSA) is 152 Å². The fourth-order valence-electron chi connectivity index (χ4n) is 5.44. The molecule has 45 heavy (non-hydrogen) atoms. The van der Waals surface area contributed by atoms with Crippen LogP contribution >= 0.6 is 23.1 Å². The summed E-state index contributed by atoms with van der Waals surface area (Å²) >= 11 is 1.62. The molecule has 3 amide bonds. The van der Waals surface area contributed by atoms with Crippen molar-refractivity contribution in [3.05, 3.63) is 109 Å². The summed E-state index contributed by atoms with van der Waals surface area (Å²) in [5.41, 5.74) is -0.988. The molecule has 0 aliphatic carbocycles. The number of phenolic OH excluding ortho intramolecular Hbond substituents is 1. The molecule has 1 saturated heterocycles. The zero-order chi connectivity index (χ0) is 32.2. The Hall–Kier alpha value is -4.96. The summed E-state index contributed by atoms with van der Waals surface area (Å²) in [4.78, 5) is 65.0. The van der Waals surface area contributed by atoms with Crippen LogP contribution in [0.25, 0.3) is 0 Å². The second-order valence-electron chi connectivity index (χ2n) is 10.1. The molecule has 0 unspecified atom stereocenters. The van der Waals surface area contributed by atoms with Crippen LogP contribution in [-0.2, 0) is 27.1 Å². The Kier molecular flexibility index (Phi) is 7.48. The van der Waals surface area contributed by atoms with Crippen molar-refractivity contribution in [1.82, 2.24) is 4.57 Å². The molecule has 2 aliphatic rings. The number of halogens is 3. The number of amides is 3. The number of benzene rings is 3. The lowest BCUT2D eigenvalue weighted by molar-refractivity contribution is -0.384. The molecule has 0 radical (unpaired) electrons. The zero-order valence-electron chi connectivity index (χ0n) is 22.6. The minimum Gasteiger partial charge on any atom is -0.508 e. The number of phenols is 1. The molecule has 0 saturated carbocycles. The standard InChI is InChI=1S/C29H19F3N4O7S2/c30-29(31,32)14-4-3-5-15(12-14)33-20(38)13-34-27-24(45-28(34)41)21(18-6-1-2-7-19(18)37)22-23(44-27)26(40)35(25(22)39)16-8-10-17(11-9-16)36(42)43/h1-12,21-23,37H,13H2,(H,33,38)/t21-,22+,23-/m0/s1. The van der Waals surface area contributed by atoms with Crippen LogP contribution in [0.3, 0.4) is 0 Å². The normalized spacial score (nSPS) is 19.3. The molecule has 0 spiro atoms. The SMILES string of the molecule is O=C(Cn1c2c(sc1=O)[C@@H](c1ccccc1O)[C@H]1C(=O)N(c3ccc([N+](=O)[O-])cc3)C(=O)[C@H]1S2)Nc1cccc(C(F)(F)F)c1. The van der Waals surface area contributed by atoms with Gasteiger partial charge < -0.3 is 10.4 Å². The summed E-state index contributed by atoms with van der Waals surface area (Å²) in [6.45, 7) is -0.604. The smallest absolute Gasteiger partial charge is 0.416 e. The number of carbonyl (C=O) groups is 3. The van der Waals surface area contributed by atoms with Gasteiger partial charge in [-0.1, -0.05) is 47.4 Å². The first-order chi connectivity index (χ1) is 21.3. The molecule has 2 aliphatic heterocycles. The van der Waals surface area contributed by atoms with E-state index in [0.717, 1.165) is 62.9 Å². The Bertz CT molecular complexity index is 1940. The van der Waals surface area contributed by atoms with Gasteiger partial charge in [-0.25, -0.2) is 4.90 Å². The number of aromatic hydroxyl groups is 1. The number of para-hydroxylation sites is 1. The van der Waals surface area contributed by atoms with E-state index < -0.39 is 62.9 Å². The summed E-state index contributed by atoms with van der Waals surface area (Å²) in [6.07, 6.45) is -4.64. The van der Waals surface area contributed by atoms with Crippen LogP contribution in [0, 0.1) is 16.0 Å². The van der Waals surface area contributed by atoms with E-state index in [4.69, 9.17) is 0 Å². The number of nitrogens with zero attached hydrogens (tertiary/aromatic N) is 3. The highest BCUT2D eigenvalue weighted by Crippen LogP contribution is 2.55. The van der Waals surface area contributed by atoms with Crippen LogP contribution in [0.1, 0.15) is 21.9 Å². The molecule has 16 heteroatoms. The van der Waals surface area contributed by atoms with Crippen LogP contribution in [0.5, 0.6) is 5.75 Å². The Morgan fingerprint density at radius 3 is 2.38 bits per heavy atom. The number of hydrogen-bond donors (Lipinski definition) is 2. The molecule has 230 valence electrons. The number of nitro benzene ring substituents is 1. The number of anilines is 2. The number of carbonyl (C=O) groups excluding carboxylic acids is 3. The summed E-state index contributed by atoms with van der Waals surface area (Å²) in [5, 5.41) is 23.4. The molecular formula is C29H19F3N4O7S2. The van der Waals surface area contributed by atoms with E-state index >= 15 is 0 Å². The average Bonchev–Trinajstić information content (AvgIpc) is 3.43. The number of non-ortho nitro benzene ring substituents is 1. The van der Waals surface area contributed by atoms with E-state index in [1.54, 1.807) is 18.2 Å². The highest BCUT2D eigenvalue weighted by molar-refractivity contribution is 8.00. The zero-order valence-corrected chi connectivity index (χ0v) is 24.2. The number of imide groups is 1. The molecule has 1 fully saturated rings. The predicted octanol–water partition coefficient (Wildman–Crippen LogP) is 4.98. The fourth-order valence-corrected chi connectivity index (χ4v) is 8.20. The lowest BCUT2D eigenvalue weighted by atomic mass is 9.82. The lowest BCUT2D eigenvalue weighted by Crippen LogP contribution is -2.33. The van der Waals surface area contributed by atoms with E-state index in [1.807, 2.05) is 0 Å². The van der Waals surface area contributed by atoms with Crippen molar-refractivity contribution in [2.24, 2.45) is 5.92 Å². The molecular weight excluding hydrogens is 637 g/mol. The van der Waals surface area contributed by atoms with Gasteiger partial charge in [0.05, 0.1) is 27.1 Å². The van der Waals surface area contributed by atoms with Crippen LogP contribution in [0.15, 0.2) is 82.6 Å². The first kappa shape index (κ1) is 30.1. The van der Waals surface area contributed by atoms with Gasteiger partial charge >= 0.3 is 11.0 Å². The maximum Gasteiger partial charge on any atom is 0.416 e. The Balaban J connectivity index is 1.38. The van der Waals surface area contributed by atoms with Gasteiger partial charge in [0.25, 0.3) is 5.69 Å². The van der Waals surface area contributed by atoms with Crippen LogP contribution < -0.4 is 15.1 Å². The van der Waals surface area contributed by atoms with Crippen molar-refractivity contribution in [3.8, 4) is 5.75 Å². The molecule has 2 N–H and O–H groups in total. The van der Waals surface area contributed by atoms with Crippen molar-refractivity contribution in [3.63, 3.8) is 0 Å². The van der Waals surface area contributed by atoms with E-state index in [1.165, 1.54) is 24.3 Å². The Labute approximate surface area is 259 Å². The van der Waals surface area contributed by atoms with Crippen LogP contribution in [0.2, 0.25) is 0 Å². The molecule has 0 bridgehead atoms. The maximum absolute atomic E-state index is 13.9. The van der Waals surface area contributed by atoms with Crippen LogP contribution in [-0.4, -0.2) is 37.6 Å². The number of alkyl halides is 3. The van der Waals surface area contributed by atoms with Gasteiger partial charge in [-0.05, 0) is 36.4 Å². The van der Waals surface area contributed by atoms with Crippen molar-refractivity contribution in [2.45, 2.75) is 28.9 Å². The van der Waals surface area contributed by atoms with E-state index in [0.29, 0.717) is 4.88 Å². The summed E-state index contributed by atoms with van der Waals surface area (Å²) in [7, 11) is 0. The van der Waals surface area contributed by atoms with Gasteiger partial charge in [0.15, 0.2) is 0 Å². The number of aromatic nitrogens is 1. The quantitative estimate of drug-likeness (QED) is 0.168. The highest BCUT2D eigenvalue weighted by atomic mass is 32.2. The van der Waals surface area contributed by atoms with Crippen molar-refractivity contribution in [1.29, 1.82) is 0 Å². The van der Waals surface area contributed by atoms with E-state index in [9.17, 15) is 47.6 Å². The van der Waals surface area contributed by atoms with Crippen molar-refractivity contribution < 1.29 is 37.6 Å². The van der Waals surface area contributed by atoms with Gasteiger partial charge in [-0.15, -0.1) is 0 Å². The Morgan fingerprint density at radius 1 is 1.00 bits per heavy atom.